The molecule has 10 heteroatoms. The van der Waals surface area contributed by atoms with Crippen molar-refractivity contribution in [1.29, 1.82) is 0 Å². The van der Waals surface area contributed by atoms with E-state index in [0.29, 0.717) is 45.3 Å². The molecule has 39 heavy (non-hydrogen) atoms. The molecule has 2 heterocycles. The van der Waals surface area contributed by atoms with E-state index in [9.17, 15) is 18.8 Å². The van der Waals surface area contributed by atoms with Crippen LogP contribution in [0.3, 0.4) is 0 Å². The molecule has 0 saturated heterocycles. The lowest BCUT2D eigenvalue weighted by molar-refractivity contribution is 0.0959. The quantitative estimate of drug-likeness (QED) is 0.125. The number of ketones is 1. The number of halogens is 1. The summed E-state index contributed by atoms with van der Waals surface area (Å²) >= 11 is 2.53. The van der Waals surface area contributed by atoms with Crippen molar-refractivity contribution in [1.82, 2.24) is 9.88 Å². The molecule has 7 nitrogen and oxygen atoms in total. The van der Waals surface area contributed by atoms with E-state index in [2.05, 4.69) is 16.6 Å². The minimum absolute atomic E-state index is 0.0804. The minimum atomic E-state index is -0.535. The maximum Gasteiger partial charge on any atom is 0.261 e. The first-order valence-electron chi connectivity index (χ1n) is 12.3. The van der Waals surface area contributed by atoms with Crippen LogP contribution in [0.15, 0.2) is 60.0 Å². The number of fused-ring (bicyclic) bond motifs is 1. The Kier molecular flexibility index (Phi) is 8.57. The number of rotatable bonds is 10. The average molecular weight is 566 g/mol. The Bertz CT molecular complexity index is 1640. The third-order valence-electron chi connectivity index (χ3n) is 5.88. The lowest BCUT2D eigenvalue weighted by atomic mass is 10.1. The number of thiophene rings is 1. The zero-order valence-corrected chi connectivity index (χ0v) is 23.6. The van der Waals surface area contributed by atoms with Crippen LogP contribution in [-0.2, 0) is 0 Å². The van der Waals surface area contributed by atoms with Crippen LogP contribution in [0.25, 0.3) is 15.9 Å². The minimum Gasteiger partial charge on any atom is -0.455 e. The van der Waals surface area contributed by atoms with Gasteiger partial charge in [-0.05, 0) is 74.4 Å². The summed E-state index contributed by atoms with van der Waals surface area (Å²) in [6, 6.07) is 9.87. The van der Waals surface area contributed by atoms with Crippen LogP contribution in [0.1, 0.15) is 45.0 Å². The number of pyridine rings is 1. The molecule has 202 valence electrons. The monoisotopic (exact) mass is 565 g/mol. The molecule has 0 fully saturated rings. The van der Waals surface area contributed by atoms with Gasteiger partial charge in [-0.1, -0.05) is 25.5 Å². The summed E-state index contributed by atoms with van der Waals surface area (Å²) in [4.78, 5) is 39.1. The van der Waals surface area contributed by atoms with Crippen molar-refractivity contribution in [3.63, 3.8) is 0 Å². The summed E-state index contributed by atoms with van der Waals surface area (Å²) in [5, 5.41) is 2.75. The number of aryl methyl sites for hydroxylation is 2. The van der Waals surface area contributed by atoms with Crippen LogP contribution >= 0.6 is 23.3 Å². The van der Waals surface area contributed by atoms with Gasteiger partial charge in [-0.15, -0.1) is 11.3 Å². The van der Waals surface area contributed by atoms with Gasteiger partial charge in [0, 0.05) is 24.2 Å². The molecule has 0 aliphatic rings. The first kappa shape index (κ1) is 28.1. The maximum atomic E-state index is 14.0. The lowest BCUT2D eigenvalue weighted by Crippen LogP contribution is -2.21. The summed E-state index contributed by atoms with van der Waals surface area (Å²) in [6.45, 7) is 11.3. The van der Waals surface area contributed by atoms with Crippen LogP contribution < -0.4 is 20.2 Å². The molecule has 0 aliphatic heterocycles. The summed E-state index contributed by atoms with van der Waals surface area (Å²) in [5.74, 6) is 0.515. The number of anilines is 1. The molecule has 0 bridgehead atoms. The van der Waals surface area contributed by atoms with Gasteiger partial charge >= 0.3 is 0 Å². The molecule has 0 saturated carbocycles. The first-order chi connectivity index (χ1) is 18.7. The molecule has 0 atom stereocenters. The molecule has 4 rings (SSSR count). The van der Waals surface area contributed by atoms with Crippen molar-refractivity contribution in [3.8, 4) is 17.2 Å². The number of hydrogen-bond donors (Lipinski definition) is 2. The molecular formula is C29H28FN3O4S2. The second-order valence-corrected chi connectivity index (χ2v) is 10.8. The number of amides is 1. The smallest absolute Gasteiger partial charge is 0.261 e. The molecular weight excluding hydrogens is 537 g/mol. The Morgan fingerprint density at radius 3 is 2.51 bits per heavy atom. The highest BCUT2D eigenvalue weighted by Gasteiger charge is 2.22. The molecule has 2 aromatic heterocycles. The molecule has 4 aromatic rings. The summed E-state index contributed by atoms with van der Waals surface area (Å²) < 4.78 is 25.5. The van der Waals surface area contributed by atoms with E-state index in [1.54, 1.807) is 37.5 Å². The lowest BCUT2D eigenvalue weighted by Gasteiger charge is -2.19. The van der Waals surface area contributed by atoms with Crippen LogP contribution in [0.4, 0.5) is 10.1 Å². The second-order valence-electron chi connectivity index (χ2n) is 8.68. The Labute approximate surface area is 233 Å². The number of benzene rings is 2. The second kappa shape index (κ2) is 11.9. The summed E-state index contributed by atoms with van der Waals surface area (Å²) in [5.41, 5.74) is 2.40. The van der Waals surface area contributed by atoms with E-state index in [0.717, 1.165) is 28.9 Å². The fourth-order valence-electron chi connectivity index (χ4n) is 4.13. The van der Waals surface area contributed by atoms with Crippen LogP contribution in [0.5, 0.6) is 11.5 Å². The normalized spacial score (nSPS) is 10.9. The number of nitrogens with one attached hydrogen (secondary N) is 2. The van der Waals surface area contributed by atoms with E-state index in [1.165, 1.54) is 30.3 Å². The topological polar surface area (TPSA) is 89.4 Å². The van der Waals surface area contributed by atoms with Gasteiger partial charge in [-0.25, -0.2) is 4.39 Å². The number of carbonyl (C=O) groups excluding carboxylic acids is 2. The fourth-order valence-corrected chi connectivity index (χ4v) is 5.58. The number of carbonyl (C=O) groups is 2. The summed E-state index contributed by atoms with van der Waals surface area (Å²) in [6.07, 6.45) is 2.54. The molecule has 2 N–H and O–H groups in total. The van der Waals surface area contributed by atoms with Gasteiger partial charge in [-0.3, -0.25) is 14.4 Å². The summed E-state index contributed by atoms with van der Waals surface area (Å²) in [7, 11) is 0. The Balaban J connectivity index is 2.02. The molecule has 1 amide bonds. The first-order valence-corrected chi connectivity index (χ1v) is 14.1. The van der Waals surface area contributed by atoms with Gasteiger partial charge in [0.05, 0.1) is 21.6 Å². The highest BCUT2D eigenvalue weighted by atomic mass is 32.2. The number of hydrogen-bond acceptors (Lipinski definition) is 7. The molecule has 0 aliphatic carbocycles. The van der Waals surface area contributed by atoms with Gasteiger partial charge in [0.25, 0.3) is 5.91 Å². The standard InChI is InChI=1S/C29H28FN3O4S2/c1-6-23(34)20-15-33(22-14-25(29(36)31-7-2)39-28(22)26(20)35)21-13-19(32-38-8-3)9-10-24(21)37-27-16(4)11-18(30)12-17(27)5/h6,9-15,32H,1,7-8H2,2-5H3,(H,31,36). The van der Waals surface area contributed by atoms with Crippen molar-refractivity contribution < 1.29 is 18.7 Å². The molecule has 0 unspecified atom stereocenters. The van der Waals surface area contributed by atoms with E-state index in [-0.39, 0.29) is 22.0 Å². The third-order valence-corrected chi connectivity index (χ3v) is 7.67. The molecule has 2 aromatic carbocycles. The zero-order valence-electron chi connectivity index (χ0n) is 22.0. The fraction of sp³-hybridized carbons (Fsp3) is 0.207. The van der Waals surface area contributed by atoms with Gasteiger partial charge in [0.15, 0.2) is 11.5 Å². The SMILES string of the molecule is C=CC(=O)c1cn(-c2cc(NSCC)ccc2Oc2c(C)cc(F)cc2C)c2cc(C(=O)NCC)sc2c1=O. The van der Waals surface area contributed by atoms with Crippen LogP contribution in [0, 0.1) is 19.7 Å². The van der Waals surface area contributed by atoms with E-state index in [1.807, 2.05) is 19.1 Å². The van der Waals surface area contributed by atoms with Crippen LogP contribution in [0.2, 0.25) is 0 Å². The van der Waals surface area contributed by atoms with Crippen molar-refractivity contribution in [2.75, 3.05) is 17.0 Å². The predicted octanol–water partition coefficient (Wildman–Crippen LogP) is 6.80. The number of nitrogens with zero attached hydrogens (tertiary/aromatic N) is 1. The van der Waals surface area contributed by atoms with Crippen molar-refractivity contribution in [3.05, 3.63) is 92.9 Å². The van der Waals surface area contributed by atoms with Crippen molar-refractivity contribution in [2.45, 2.75) is 27.7 Å². The Hall–Kier alpha value is -3.89. The van der Waals surface area contributed by atoms with Crippen molar-refractivity contribution in [2.24, 2.45) is 0 Å². The zero-order chi connectivity index (χ0) is 28.3. The van der Waals surface area contributed by atoms with Gasteiger partial charge < -0.3 is 19.3 Å². The number of ether oxygens (including phenoxy) is 1. The highest BCUT2D eigenvalue weighted by molar-refractivity contribution is 8.00. The van der Waals surface area contributed by atoms with E-state index >= 15 is 0 Å². The van der Waals surface area contributed by atoms with Crippen LogP contribution in [-0.4, -0.2) is 28.6 Å². The number of allylic oxidation sites excluding steroid dienone is 1. The van der Waals surface area contributed by atoms with E-state index in [4.69, 9.17) is 4.74 Å². The average Bonchev–Trinajstić information content (AvgIpc) is 3.36. The Morgan fingerprint density at radius 1 is 1.15 bits per heavy atom. The van der Waals surface area contributed by atoms with Gasteiger partial charge in [0.2, 0.25) is 5.43 Å². The predicted molar refractivity (Wildman–Crippen MR) is 158 cm³/mol. The highest BCUT2D eigenvalue weighted by Crippen LogP contribution is 2.37. The van der Waals surface area contributed by atoms with Gasteiger partial charge in [-0.2, -0.15) is 0 Å². The molecule has 0 spiro atoms. The maximum absolute atomic E-state index is 14.0. The largest absolute Gasteiger partial charge is 0.455 e. The van der Waals surface area contributed by atoms with Gasteiger partial charge in [0.1, 0.15) is 16.3 Å². The number of aromatic nitrogens is 1. The Morgan fingerprint density at radius 2 is 1.87 bits per heavy atom. The molecule has 0 radical (unpaired) electrons. The van der Waals surface area contributed by atoms with Crippen molar-refractivity contribution >= 4 is 50.9 Å². The third kappa shape index (κ3) is 5.76. The van der Waals surface area contributed by atoms with E-state index < -0.39 is 11.2 Å².